The van der Waals surface area contributed by atoms with E-state index >= 15 is 0 Å². The Morgan fingerprint density at radius 3 is 2.68 bits per heavy atom. The zero-order chi connectivity index (χ0) is 14.3. The van der Waals surface area contributed by atoms with Gasteiger partial charge < -0.3 is 14.8 Å². The highest BCUT2D eigenvalue weighted by molar-refractivity contribution is 5.94. The van der Waals surface area contributed by atoms with Crippen LogP contribution in [-0.2, 0) is 9.53 Å². The molecule has 1 rings (SSSR count). The molecule has 0 aliphatic heterocycles. The van der Waals surface area contributed by atoms with Crippen molar-refractivity contribution < 1.29 is 23.5 Å². The van der Waals surface area contributed by atoms with Crippen molar-refractivity contribution in [3.8, 4) is 5.75 Å². The first kappa shape index (κ1) is 15.1. The maximum atomic E-state index is 13.5. The van der Waals surface area contributed by atoms with Crippen LogP contribution < -0.4 is 10.1 Å². The molecule has 0 aromatic heterocycles. The fourth-order valence-corrected chi connectivity index (χ4v) is 1.32. The number of amides is 1. The SMILES string of the molecule is COCCNC(=O)COc1ccc(C(C)=O)cc1F. The summed E-state index contributed by atoms with van der Waals surface area (Å²) in [4.78, 5) is 22.3. The van der Waals surface area contributed by atoms with E-state index in [0.29, 0.717) is 13.2 Å². The molecule has 5 nitrogen and oxygen atoms in total. The van der Waals surface area contributed by atoms with Crippen LogP contribution in [0, 0.1) is 5.82 Å². The number of nitrogens with one attached hydrogen (secondary N) is 1. The molecule has 0 heterocycles. The normalized spacial score (nSPS) is 10.1. The van der Waals surface area contributed by atoms with Crippen molar-refractivity contribution in [2.75, 3.05) is 26.9 Å². The molecule has 19 heavy (non-hydrogen) atoms. The van der Waals surface area contributed by atoms with Gasteiger partial charge in [-0.25, -0.2) is 4.39 Å². The Bertz CT molecular complexity index is 462. The maximum absolute atomic E-state index is 13.5. The summed E-state index contributed by atoms with van der Waals surface area (Å²) in [6.45, 7) is 1.82. The van der Waals surface area contributed by atoms with Gasteiger partial charge in [0.05, 0.1) is 6.61 Å². The zero-order valence-electron chi connectivity index (χ0n) is 10.9. The Labute approximate surface area is 110 Å². The molecule has 1 aromatic carbocycles. The highest BCUT2D eigenvalue weighted by Crippen LogP contribution is 2.18. The molecule has 0 saturated carbocycles. The van der Waals surface area contributed by atoms with E-state index in [1.54, 1.807) is 0 Å². The predicted octanol–water partition coefficient (Wildman–Crippen LogP) is 1.17. The first-order chi connectivity index (χ1) is 9.04. The second kappa shape index (κ2) is 7.48. The van der Waals surface area contributed by atoms with Crippen LogP contribution in [0.25, 0.3) is 0 Å². The molecule has 0 saturated heterocycles. The summed E-state index contributed by atoms with van der Waals surface area (Å²) < 4.78 is 23.3. The van der Waals surface area contributed by atoms with Gasteiger partial charge in [0, 0.05) is 19.2 Å². The van der Waals surface area contributed by atoms with E-state index in [1.807, 2.05) is 0 Å². The molecule has 0 bridgehead atoms. The largest absolute Gasteiger partial charge is 0.481 e. The average molecular weight is 269 g/mol. The van der Waals surface area contributed by atoms with Gasteiger partial charge in [-0.15, -0.1) is 0 Å². The third-order valence-electron chi connectivity index (χ3n) is 2.33. The van der Waals surface area contributed by atoms with E-state index in [-0.39, 0.29) is 29.6 Å². The van der Waals surface area contributed by atoms with Gasteiger partial charge in [-0.1, -0.05) is 0 Å². The first-order valence-electron chi connectivity index (χ1n) is 5.73. The van der Waals surface area contributed by atoms with Crippen molar-refractivity contribution in [3.05, 3.63) is 29.6 Å². The number of benzene rings is 1. The minimum Gasteiger partial charge on any atom is -0.481 e. The second-order valence-corrected chi connectivity index (χ2v) is 3.83. The summed E-state index contributed by atoms with van der Waals surface area (Å²) in [6.07, 6.45) is 0. The molecule has 0 radical (unpaired) electrons. The Morgan fingerprint density at radius 2 is 2.11 bits per heavy atom. The van der Waals surface area contributed by atoms with E-state index in [1.165, 1.54) is 26.2 Å². The van der Waals surface area contributed by atoms with Gasteiger partial charge in [0.1, 0.15) is 0 Å². The Balaban J connectivity index is 2.49. The van der Waals surface area contributed by atoms with Crippen LogP contribution in [0.3, 0.4) is 0 Å². The number of Topliss-reactive ketones (excluding diaryl/α,β-unsaturated/α-hetero) is 1. The standard InChI is InChI=1S/C13H16FNO4/c1-9(16)10-3-4-12(11(14)7-10)19-8-13(17)15-5-6-18-2/h3-4,7H,5-6,8H2,1-2H3,(H,15,17). The number of carbonyl (C=O) groups is 2. The summed E-state index contributed by atoms with van der Waals surface area (Å²) in [5.41, 5.74) is 0.259. The van der Waals surface area contributed by atoms with E-state index in [9.17, 15) is 14.0 Å². The van der Waals surface area contributed by atoms with Crippen LogP contribution in [0.1, 0.15) is 17.3 Å². The quantitative estimate of drug-likeness (QED) is 0.596. The van der Waals surface area contributed by atoms with Gasteiger partial charge in [-0.3, -0.25) is 9.59 Å². The lowest BCUT2D eigenvalue weighted by Gasteiger charge is -2.08. The van der Waals surface area contributed by atoms with Crippen molar-refractivity contribution in [2.24, 2.45) is 0 Å². The summed E-state index contributed by atoms with van der Waals surface area (Å²) in [7, 11) is 1.52. The highest BCUT2D eigenvalue weighted by atomic mass is 19.1. The number of carbonyl (C=O) groups excluding carboxylic acids is 2. The van der Waals surface area contributed by atoms with Gasteiger partial charge >= 0.3 is 0 Å². The van der Waals surface area contributed by atoms with E-state index in [2.05, 4.69) is 5.32 Å². The van der Waals surface area contributed by atoms with Crippen molar-refractivity contribution in [2.45, 2.75) is 6.92 Å². The summed E-state index contributed by atoms with van der Waals surface area (Å²) in [5, 5.41) is 2.54. The van der Waals surface area contributed by atoms with Gasteiger partial charge in [-0.05, 0) is 25.1 Å². The number of ether oxygens (including phenoxy) is 2. The topological polar surface area (TPSA) is 64.6 Å². The number of halogens is 1. The lowest BCUT2D eigenvalue weighted by Crippen LogP contribution is -2.31. The van der Waals surface area contributed by atoms with Crippen LogP contribution in [0.5, 0.6) is 5.75 Å². The van der Waals surface area contributed by atoms with Crippen LogP contribution >= 0.6 is 0 Å². The van der Waals surface area contributed by atoms with E-state index in [4.69, 9.17) is 9.47 Å². The molecule has 1 N–H and O–H groups in total. The molecule has 0 aliphatic rings. The van der Waals surface area contributed by atoms with Gasteiger partial charge in [0.15, 0.2) is 24.0 Å². The molecule has 6 heteroatoms. The van der Waals surface area contributed by atoms with Gasteiger partial charge in [0.2, 0.25) is 0 Å². The second-order valence-electron chi connectivity index (χ2n) is 3.83. The minimum absolute atomic E-state index is 0.0631. The lowest BCUT2D eigenvalue weighted by atomic mass is 10.1. The van der Waals surface area contributed by atoms with Crippen LogP contribution in [0.2, 0.25) is 0 Å². The van der Waals surface area contributed by atoms with E-state index < -0.39 is 5.82 Å². The van der Waals surface area contributed by atoms with Crippen molar-refractivity contribution in [3.63, 3.8) is 0 Å². The monoisotopic (exact) mass is 269 g/mol. The zero-order valence-corrected chi connectivity index (χ0v) is 10.9. The first-order valence-corrected chi connectivity index (χ1v) is 5.73. The van der Waals surface area contributed by atoms with Gasteiger partial charge in [0.25, 0.3) is 5.91 Å². The molecule has 1 amide bonds. The highest BCUT2D eigenvalue weighted by Gasteiger charge is 2.09. The molecular formula is C13H16FNO4. The Hall–Kier alpha value is -1.95. The van der Waals surface area contributed by atoms with Crippen LogP contribution in [0.15, 0.2) is 18.2 Å². The molecule has 0 fully saturated rings. The fourth-order valence-electron chi connectivity index (χ4n) is 1.32. The minimum atomic E-state index is -0.669. The van der Waals surface area contributed by atoms with E-state index in [0.717, 1.165) is 6.07 Å². The van der Waals surface area contributed by atoms with Crippen LogP contribution in [-0.4, -0.2) is 38.6 Å². The van der Waals surface area contributed by atoms with Crippen LogP contribution in [0.4, 0.5) is 4.39 Å². The summed E-state index contributed by atoms with van der Waals surface area (Å²) in [5.74, 6) is -1.33. The molecule has 0 unspecified atom stereocenters. The molecule has 0 atom stereocenters. The van der Waals surface area contributed by atoms with Crippen molar-refractivity contribution in [1.82, 2.24) is 5.32 Å². The average Bonchev–Trinajstić information content (AvgIpc) is 2.37. The number of ketones is 1. The maximum Gasteiger partial charge on any atom is 0.258 e. The molecule has 0 spiro atoms. The molecule has 1 aromatic rings. The molecular weight excluding hydrogens is 253 g/mol. The van der Waals surface area contributed by atoms with Crippen molar-refractivity contribution >= 4 is 11.7 Å². The predicted molar refractivity (Wildman–Crippen MR) is 66.8 cm³/mol. The number of hydrogen-bond donors (Lipinski definition) is 1. The third-order valence-corrected chi connectivity index (χ3v) is 2.33. The van der Waals surface area contributed by atoms with Crippen molar-refractivity contribution in [1.29, 1.82) is 0 Å². The number of rotatable bonds is 7. The molecule has 0 aliphatic carbocycles. The lowest BCUT2D eigenvalue weighted by molar-refractivity contribution is -0.123. The third kappa shape index (κ3) is 5.05. The Morgan fingerprint density at radius 1 is 1.37 bits per heavy atom. The fraction of sp³-hybridized carbons (Fsp3) is 0.385. The smallest absolute Gasteiger partial charge is 0.258 e. The number of methoxy groups -OCH3 is 1. The Kier molecular flexibility index (Phi) is 5.95. The van der Waals surface area contributed by atoms with Gasteiger partial charge in [-0.2, -0.15) is 0 Å². The molecule has 104 valence electrons. The summed E-state index contributed by atoms with van der Waals surface area (Å²) in [6, 6.07) is 3.86. The summed E-state index contributed by atoms with van der Waals surface area (Å²) >= 11 is 0. The number of hydrogen-bond acceptors (Lipinski definition) is 4.